The van der Waals surface area contributed by atoms with E-state index in [9.17, 15) is 4.79 Å². The van der Waals surface area contributed by atoms with Crippen LogP contribution in [0.5, 0.6) is 0 Å². The summed E-state index contributed by atoms with van der Waals surface area (Å²) in [6.45, 7) is 3.48. The molecule has 3 N–H and O–H groups in total. The van der Waals surface area contributed by atoms with E-state index in [1.165, 1.54) is 17.8 Å². The van der Waals surface area contributed by atoms with Crippen molar-refractivity contribution in [2.75, 3.05) is 26.8 Å². The van der Waals surface area contributed by atoms with Gasteiger partial charge in [-0.25, -0.2) is 10.8 Å². The molecule has 7 heteroatoms. The summed E-state index contributed by atoms with van der Waals surface area (Å²) in [4.78, 5) is 17.8. The number of nitrogen functional groups attached to an aromatic ring is 1. The molecule has 106 valence electrons. The van der Waals surface area contributed by atoms with Crippen molar-refractivity contribution in [2.45, 2.75) is 19.4 Å². The van der Waals surface area contributed by atoms with Crippen LogP contribution in [0.3, 0.4) is 0 Å². The number of aromatic nitrogens is 1. The van der Waals surface area contributed by atoms with E-state index in [1.54, 1.807) is 0 Å². The predicted octanol–water partition coefficient (Wildman–Crippen LogP) is 0.605. The third kappa shape index (κ3) is 4.24. The minimum atomic E-state index is -0.334. The van der Waals surface area contributed by atoms with E-state index in [-0.39, 0.29) is 5.91 Å². The summed E-state index contributed by atoms with van der Waals surface area (Å²) in [5.41, 5.74) is 3.00. The van der Waals surface area contributed by atoms with E-state index in [1.807, 2.05) is 5.38 Å². The van der Waals surface area contributed by atoms with Crippen molar-refractivity contribution in [1.82, 2.24) is 15.3 Å². The molecule has 2 rings (SSSR count). The monoisotopic (exact) mass is 284 g/mol. The molecule has 0 radical (unpaired) electrons. The van der Waals surface area contributed by atoms with E-state index < -0.39 is 0 Å². The normalized spacial score (nSPS) is 19.6. The lowest BCUT2D eigenvalue weighted by Gasteiger charge is -2.26. The van der Waals surface area contributed by atoms with E-state index in [0.717, 1.165) is 38.4 Å². The van der Waals surface area contributed by atoms with Crippen molar-refractivity contribution in [3.63, 3.8) is 0 Å². The van der Waals surface area contributed by atoms with Gasteiger partial charge in [0.05, 0.1) is 12.3 Å². The molecule has 1 unspecified atom stereocenters. The molecule has 0 saturated carbocycles. The molecule has 1 aliphatic heterocycles. The summed E-state index contributed by atoms with van der Waals surface area (Å²) in [6, 6.07) is 0. The predicted molar refractivity (Wildman–Crippen MR) is 73.6 cm³/mol. The average Bonchev–Trinajstić information content (AvgIpc) is 2.87. The Morgan fingerprint density at radius 1 is 1.74 bits per heavy atom. The molecule has 0 spiro atoms. The second-order valence-corrected chi connectivity index (χ2v) is 5.76. The largest absolute Gasteiger partial charge is 0.381 e. The van der Waals surface area contributed by atoms with Gasteiger partial charge in [-0.3, -0.25) is 10.2 Å². The number of hydrogen-bond acceptors (Lipinski definition) is 6. The molecule has 1 aliphatic rings. The van der Waals surface area contributed by atoms with Crippen LogP contribution in [0.1, 0.15) is 28.3 Å². The zero-order chi connectivity index (χ0) is 13.7. The number of ether oxygens (including phenoxy) is 1. The Morgan fingerprint density at radius 3 is 3.26 bits per heavy atom. The summed E-state index contributed by atoms with van der Waals surface area (Å²) in [6.07, 6.45) is 2.37. The minimum absolute atomic E-state index is 0.334. The van der Waals surface area contributed by atoms with Crippen LogP contribution in [0.4, 0.5) is 0 Å². The highest BCUT2D eigenvalue weighted by Gasteiger charge is 2.17. The first-order chi connectivity index (χ1) is 9.19. The van der Waals surface area contributed by atoms with Crippen LogP contribution in [-0.2, 0) is 11.3 Å². The van der Waals surface area contributed by atoms with Crippen molar-refractivity contribution in [3.8, 4) is 0 Å². The Kier molecular flexibility index (Phi) is 5.26. The molecule has 0 aliphatic carbocycles. The van der Waals surface area contributed by atoms with Crippen LogP contribution in [-0.4, -0.2) is 42.6 Å². The van der Waals surface area contributed by atoms with Crippen LogP contribution in [0.2, 0.25) is 0 Å². The van der Waals surface area contributed by atoms with Crippen LogP contribution < -0.4 is 11.3 Å². The van der Waals surface area contributed by atoms with Gasteiger partial charge in [-0.1, -0.05) is 0 Å². The number of hydrazine groups is 1. The van der Waals surface area contributed by atoms with Crippen LogP contribution in [0.25, 0.3) is 0 Å². The zero-order valence-corrected chi connectivity index (χ0v) is 11.9. The van der Waals surface area contributed by atoms with Crippen LogP contribution in [0.15, 0.2) is 5.38 Å². The highest BCUT2D eigenvalue weighted by atomic mass is 32.1. The van der Waals surface area contributed by atoms with Crippen molar-refractivity contribution in [2.24, 2.45) is 11.8 Å². The summed E-state index contributed by atoms with van der Waals surface area (Å²) in [5.74, 6) is 5.35. The van der Waals surface area contributed by atoms with Crippen molar-refractivity contribution < 1.29 is 9.53 Å². The first-order valence-corrected chi connectivity index (χ1v) is 7.28. The van der Waals surface area contributed by atoms with Crippen LogP contribution in [0, 0.1) is 5.92 Å². The molecule has 1 fully saturated rings. The summed E-state index contributed by atoms with van der Waals surface area (Å²) < 4.78 is 5.48. The van der Waals surface area contributed by atoms with Gasteiger partial charge < -0.3 is 9.64 Å². The molecule has 19 heavy (non-hydrogen) atoms. The lowest BCUT2D eigenvalue weighted by Crippen LogP contribution is -2.31. The van der Waals surface area contributed by atoms with Gasteiger partial charge in [-0.15, -0.1) is 11.3 Å². The van der Waals surface area contributed by atoms with E-state index >= 15 is 0 Å². The van der Waals surface area contributed by atoms with E-state index in [0.29, 0.717) is 10.9 Å². The SMILES string of the molecule is CN(Cc1csc(C(=O)NN)n1)CC1CCCOC1. The lowest BCUT2D eigenvalue weighted by atomic mass is 10.0. The number of thiazole rings is 1. The van der Waals surface area contributed by atoms with Gasteiger partial charge >= 0.3 is 0 Å². The maximum Gasteiger partial charge on any atom is 0.294 e. The average molecular weight is 284 g/mol. The molecule has 0 bridgehead atoms. The summed E-state index contributed by atoms with van der Waals surface area (Å²) >= 11 is 1.32. The number of nitrogens with two attached hydrogens (primary N) is 1. The van der Waals surface area contributed by atoms with Crippen molar-refractivity contribution in [1.29, 1.82) is 0 Å². The molecule has 2 heterocycles. The minimum Gasteiger partial charge on any atom is -0.381 e. The van der Waals surface area contributed by atoms with Crippen LogP contribution >= 0.6 is 11.3 Å². The fourth-order valence-corrected chi connectivity index (χ4v) is 2.99. The number of nitrogens with zero attached hydrogens (tertiary/aromatic N) is 2. The molecule has 1 atom stereocenters. The number of carbonyl (C=O) groups is 1. The maximum absolute atomic E-state index is 11.3. The second kappa shape index (κ2) is 6.95. The second-order valence-electron chi connectivity index (χ2n) is 4.90. The van der Waals surface area contributed by atoms with Crippen molar-refractivity contribution in [3.05, 3.63) is 16.1 Å². The van der Waals surface area contributed by atoms with Gasteiger partial charge in [0.25, 0.3) is 5.91 Å². The van der Waals surface area contributed by atoms with Gasteiger partial charge in [-0.2, -0.15) is 0 Å². The number of nitrogens with one attached hydrogen (secondary N) is 1. The summed E-state index contributed by atoms with van der Waals surface area (Å²) in [5, 5.41) is 2.31. The molecule has 6 nitrogen and oxygen atoms in total. The number of rotatable bonds is 5. The van der Waals surface area contributed by atoms with E-state index in [2.05, 4.69) is 22.4 Å². The summed E-state index contributed by atoms with van der Waals surface area (Å²) in [7, 11) is 2.07. The highest BCUT2D eigenvalue weighted by molar-refractivity contribution is 7.11. The third-order valence-electron chi connectivity index (χ3n) is 3.13. The number of amides is 1. The molecule has 1 aromatic rings. The Morgan fingerprint density at radius 2 is 2.58 bits per heavy atom. The molecule has 1 aromatic heterocycles. The Labute approximate surface area is 116 Å². The maximum atomic E-state index is 11.3. The zero-order valence-electron chi connectivity index (χ0n) is 11.1. The number of hydrogen-bond donors (Lipinski definition) is 2. The fraction of sp³-hybridized carbons (Fsp3) is 0.667. The van der Waals surface area contributed by atoms with Gasteiger partial charge in [-0.05, 0) is 25.8 Å². The quantitative estimate of drug-likeness (QED) is 0.470. The van der Waals surface area contributed by atoms with Gasteiger partial charge in [0.1, 0.15) is 0 Å². The number of carbonyl (C=O) groups excluding carboxylic acids is 1. The topological polar surface area (TPSA) is 80.5 Å². The third-order valence-corrected chi connectivity index (χ3v) is 4.02. The van der Waals surface area contributed by atoms with Gasteiger partial charge in [0.2, 0.25) is 0 Å². The molecule has 0 aromatic carbocycles. The standard InChI is InChI=1S/C12H20N4O2S/c1-16(5-9-3-2-4-18-7-9)6-10-8-19-12(14-10)11(17)15-13/h8-9H,2-7,13H2,1H3,(H,15,17). The molecule has 1 amide bonds. The Bertz CT molecular complexity index is 418. The van der Waals surface area contributed by atoms with E-state index in [4.69, 9.17) is 10.6 Å². The van der Waals surface area contributed by atoms with Gasteiger partial charge in [0, 0.05) is 25.1 Å². The fourth-order valence-electron chi connectivity index (χ4n) is 2.28. The highest BCUT2D eigenvalue weighted by Crippen LogP contribution is 2.16. The molecular weight excluding hydrogens is 264 g/mol. The lowest BCUT2D eigenvalue weighted by molar-refractivity contribution is 0.0410. The first kappa shape index (κ1) is 14.4. The molecular formula is C12H20N4O2S. The smallest absolute Gasteiger partial charge is 0.294 e. The molecule has 1 saturated heterocycles. The van der Waals surface area contributed by atoms with Crippen molar-refractivity contribution >= 4 is 17.2 Å². The first-order valence-electron chi connectivity index (χ1n) is 6.40. The Hall–Kier alpha value is -1.02. The Balaban J connectivity index is 1.82. The van der Waals surface area contributed by atoms with Gasteiger partial charge in [0.15, 0.2) is 5.01 Å².